The Bertz CT molecular complexity index is 824. The number of hydrogen-bond donors (Lipinski definition) is 0. The van der Waals surface area contributed by atoms with Gasteiger partial charge in [-0.25, -0.2) is 0 Å². The molecule has 0 bridgehead atoms. The summed E-state index contributed by atoms with van der Waals surface area (Å²) in [5.41, 5.74) is 1.34. The molecule has 0 nitrogen and oxygen atoms in total. The maximum atomic E-state index is 3.33. The van der Waals surface area contributed by atoms with Gasteiger partial charge in [-0.3, -0.25) is 0 Å². The van der Waals surface area contributed by atoms with Gasteiger partial charge >= 0.3 is 0 Å². The van der Waals surface area contributed by atoms with Gasteiger partial charge in [0.25, 0.3) is 0 Å². The van der Waals surface area contributed by atoms with Gasteiger partial charge in [0.15, 0.2) is 0 Å². The average Bonchev–Trinajstić information content (AvgIpc) is 2.38. The Labute approximate surface area is 99.8 Å². The highest BCUT2D eigenvalue weighted by molar-refractivity contribution is 6.23. The number of hydrogen-bond acceptors (Lipinski definition) is 0. The molecule has 0 saturated carbocycles. The molecule has 4 aromatic rings. The van der Waals surface area contributed by atoms with Crippen molar-refractivity contribution in [3.05, 3.63) is 60.2 Å². The van der Waals surface area contributed by atoms with Gasteiger partial charge in [-0.1, -0.05) is 48.5 Å². The van der Waals surface area contributed by atoms with E-state index >= 15 is 0 Å². The molecule has 0 aliphatic carbocycles. The molecular formula is C17H11. The minimum atomic E-state index is 1.21. The molecular weight excluding hydrogens is 204 g/mol. The van der Waals surface area contributed by atoms with Crippen LogP contribution in [0, 0.1) is 13.0 Å². The van der Waals surface area contributed by atoms with E-state index in [0.29, 0.717) is 0 Å². The van der Waals surface area contributed by atoms with Gasteiger partial charge in [0.1, 0.15) is 0 Å². The standard InChI is InChI=1S/C17H11/c1-11-5-6-14-8-7-12-3-2-4-13-9-10-15(11)17(14)16(12)13/h2,4-10H,1H3. The molecule has 4 rings (SSSR count). The molecule has 0 atom stereocenters. The molecule has 0 amide bonds. The molecule has 0 saturated heterocycles. The highest BCUT2D eigenvalue weighted by atomic mass is 14.1. The van der Waals surface area contributed by atoms with Gasteiger partial charge in [0.05, 0.1) is 0 Å². The fourth-order valence-corrected chi connectivity index (χ4v) is 2.80. The predicted molar refractivity (Wildman–Crippen MR) is 73.7 cm³/mol. The van der Waals surface area contributed by atoms with E-state index in [1.165, 1.54) is 37.9 Å². The Morgan fingerprint density at radius 1 is 0.765 bits per heavy atom. The minimum absolute atomic E-state index is 1.21. The van der Waals surface area contributed by atoms with Gasteiger partial charge in [-0.05, 0) is 50.9 Å². The summed E-state index contributed by atoms with van der Waals surface area (Å²) in [7, 11) is 0. The second kappa shape index (κ2) is 2.98. The van der Waals surface area contributed by atoms with Crippen LogP contribution in [0.4, 0.5) is 0 Å². The molecule has 79 valence electrons. The Morgan fingerprint density at radius 2 is 1.53 bits per heavy atom. The topological polar surface area (TPSA) is 0 Å². The first-order chi connectivity index (χ1) is 8.34. The lowest BCUT2D eigenvalue weighted by Crippen LogP contribution is -1.85. The monoisotopic (exact) mass is 215 g/mol. The largest absolute Gasteiger partial charge is 0.0581 e. The van der Waals surface area contributed by atoms with E-state index in [4.69, 9.17) is 0 Å². The Balaban J connectivity index is 2.48. The Morgan fingerprint density at radius 3 is 2.47 bits per heavy atom. The lowest BCUT2D eigenvalue weighted by atomic mass is 9.92. The molecule has 1 radical (unpaired) electrons. The SMILES string of the molecule is Cc1ccc2ccc3[c]ccc4ccc1c2c34. The van der Waals surface area contributed by atoms with Crippen molar-refractivity contribution in [3.63, 3.8) is 0 Å². The van der Waals surface area contributed by atoms with Crippen LogP contribution in [0.2, 0.25) is 0 Å². The van der Waals surface area contributed by atoms with E-state index in [2.05, 4.69) is 55.5 Å². The van der Waals surface area contributed by atoms with Crippen LogP contribution in [0.25, 0.3) is 32.3 Å². The first kappa shape index (κ1) is 9.00. The van der Waals surface area contributed by atoms with Crippen LogP contribution in [0.1, 0.15) is 5.56 Å². The smallest absolute Gasteiger partial charge is 0.00205 e. The zero-order valence-electron chi connectivity index (χ0n) is 9.62. The molecule has 0 aromatic heterocycles. The number of aryl methyl sites for hydroxylation is 1. The first-order valence-electron chi connectivity index (χ1n) is 5.89. The van der Waals surface area contributed by atoms with Gasteiger partial charge in [0.2, 0.25) is 0 Å². The molecule has 0 aliphatic rings. The summed E-state index contributed by atoms with van der Waals surface area (Å²) in [4.78, 5) is 0. The van der Waals surface area contributed by atoms with Gasteiger partial charge in [-0.2, -0.15) is 0 Å². The summed E-state index contributed by atoms with van der Waals surface area (Å²) >= 11 is 0. The van der Waals surface area contributed by atoms with Gasteiger partial charge < -0.3 is 0 Å². The predicted octanol–water partition coefficient (Wildman–Crippen LogP) is 4.69. The third-order valence-electron chi connectivity index (χ3n) is 3.66. The molecule has 0 heterocycles. The highest BCUT2D eigenvalue weighted by Gasteiger charge is 2.08. The number of rotatable bonds is 0. The summed E-state index contributed by atoms with van der Waals surface area (Å²) in [6.07, 6.45) is 0. The Kier molecular flexibility index (Phi) is 1.58. The van der Waals surface area contributed by atoms with Gasteiger partial charge in [0, 0.05) is 0 Å². The van der Waals surface area contributed by atoms with Crippen molar-refractivity contribution in [3.8, 4) is 0 Å². The van der Waals surface area contributed by atoms with Crippen LogP contribution in [-0.4, -0.2) is 0 Å². The van der Waals surface area contributed by atoms with Crippen molar-refractivity contribution < 1.29 is 0 Å². The fraction of sp³-hybridized carbons (Fsp3) is 0.0588. The van der Waals surface area contributed by atoms with Crippen molar-refractivity contribution in [1.29, 1.82) is 0 Å². The van der Waals surface area contributed by atoms with Crippen LogP contribution in [-0.2, 0) is 0 Å². The van der Waals surface area contributed by atoms with Crippen LogP contribution < -0.4 is 0 Å². The summed E-state index contributed by atoms with van der Waals surface area (Å²) < 4.78 is 0. The summed E-state index contributed by atoms with van der Waals surface area (Å²) in [6.45, 7) is 2.18. The van der Waals surface area contributed by atoms with E-state index in [0.717, 1.165) is 0 Å². The maximum Gasteiger partial charge on any atom is -0.00205 e. The normalized spacial score (nSPS) is 11.8. The number of benzene rings is 4. The van der Waals surface area contributed by atoms with E-state index in [-0.39, 0.29) is 0 Å². The maximum absolute atomic E-state index is 3.33. The van der Waals surface area contributed by atoms with Crippen molar-refractivity contribution in [1.82, 2.24) is 0 Å². The van der Waals surface area contributed by atoms with E-state index in [1.807, 2.05) is 6.07 Å². The summed E-state index contributed by atoms with van der Waals surface area (Å²) in [5.74, 6) is 0. The van der Waals surface area contributed by atoms with Crippen LogP contribution >= 0.6 is 0 Å². The van der Waals surface area contributed by atoms with Crippen molar-refractivity contribution >= 4 is 32.3 Å². The molecule has 0 unspecified atom stereocenters. The zero-order valence-corrected chi connectivity index (χ0v) is 9.62. The van der Waals surface area contributed by atoms with Crippen LogP contribution in [0.3, 0.4) is 0 Å². The minimum Gasteiger partial charge on any atom is -0.0581 e. The van der Waals surface area contributed by atoms with Crippen molar-refractivity contribution in [2.75, 3.05) is 0 Å². The second-order valence-electron chi connectivity index (χ2n) is 4.65. The average molecular weight is 215 g/mol. The summed E-state index contributed by atoms with van der Waals surface area (Å²) in [5, 5.41) is 7.94. The van der Waals surface area contributed by atoms with Crippen molar-refractivity contribution in [2.24, 2.45) is 0 Å². The Hall–Kier alpha value is -2.08. The zero-order chi connectivity index (χ0) is 11.4. The van der Waals surface area contributed by atoms with E-state index in [9.17, 15) is 0 Å². The summed E-state index contributed by atoms with van der Waals surface area (Å²) in [6, 6.07) is 20.7. The second-order valence-corrected chi connectivity index (χ2v) is 4.65. The van der Waals surface area contributed by atoms with Crippen LogP contribution in [0.5, 0.6) is 0 Å². The van der Waals surface area contributed by atoms with Gasteiger partial charge in [-0.15, -0.1) is 0 Å². The lowest BCUT2D eigenvalue weighted by molar-refractivity contribution is 1.55. The molecule has 0 heteroatoms. The molecule has 0 fully saturated rings. The molecule has 0 aliphatic heterocycles. The molecule has 0 N–H and O–H groups in total. The quantitative estimate of drug-likeness (QED) is 0.373. The van der Waals surface area contributed by atoms with Crippen LogP contribution in [0.15, 0.2) is 48.5 Å². The highest BCUT2D eigenvalue weighted by Crippen LogP contribution is 2.35. The molecule has 4 aromatic carbocycles. The van der Waals surface area contributed by atoms with E-state index < -0.39 is 0 Å². The third kappa shape index (κ3) is 1.07. The molecule has 0 spiro atoms. The van der Waals surface area contributed by atoms with Crippen molar-refractivity contribution in [2.45, 2.75) is 6.92 Å². The fourth-order valence-electron chi connectivity index (χ4n) is 2.80. The molecule has 17 heavy (non-hydrogen) atoms. The first-order valence-corrected chi connectivity index (χ1v) is 5.89. The third-order valence-corrected chi connectivity index (χ3v) is 3.66. The van der Waals surface area contributed by atoms with E-state index in [1.54, 1.807) is 0 Å². The lowest BCUT2D eigenvalue weighted by Gasteiger charge is -2.11.